The van der Waals surface area contributed by atoms with E-state index in [9.17, 15) is 9.59 Å². The first kappa shape index (κ1) is 19.1. The second-order valence-corrected chi connectivity index (χ2v) is 6.01. The van der Waals surface area contributed by atoms with Crippen molar-refractivity contribution in [3.8, 4) is 0 Å². The Morgan fingerprint density at radius 3 is 1.27 bits per heavy atom. The summed E-state index contributed by atoms with van der Waals surface area (Å²) in [5.41, 5.74) is 9.15. The first-order chi connectivity index (χ1) is 12.4. The predicted molar refractivity (Wildman–Crippen MR) is 104 cm³/mol. The Hall–Kier alpha value is -3.28. The number of nitrogens with zero attached hydrogens (tertiary/aromatic N) is 2. The molecule has 0 unspecified atom stereocenters. The van der Waals surface area contributed by atoms with Crippen molar-refractivity contribution in [3.05, 3.63) is 70.8 Å². The summed E-state index contributed by atoms with van der Waals surface area (Å²) in [5, 5.41) is 8.04. The average molecular weight is 350 g/mol. The van der Waals surface area contributed by atoms with Crippen LogP contribution in [0, 0.1) is 13.8 Å². The van der Waals surface area contributed by atoms with Crippen LogP contribution in [-0.2, 0) is 0 Å². The monoisotopic (exact) mass is 350 g/mol. The average Bonchev–Trinajstić information content (AvgIpc) is 2.64. The van der Waals surface area contributed by atoms with Crippen molar-refractivity contribution in [1.82, 2.24) is 10.9 Å². The van der Waals surface area contributed by atoms with Gasteiger partial charge in [0.1, 0.15) is 0 Å². The molecule has 0 fully saturated rings. The van der Waals surface area contributed by atoms with E-state index in [1.54, 1.807) is 38.1 Å². The summed E-state index contributed by atoms with van der Waals surface area (Å²) in [4.78, 5) is 24.1. The minimum absolute atomic E-state index is 0.305. The van der Waals surface area contributed by atoms with E-state index in [2.05, 4.69) is 21.1 Å². The van der Waals surface area contributed by atoms with E-state index in [1.807, 2.05) is 38.1 Å². The summed E-state index contributed by atoms with van der Waals surface area (Å²) in [6.45, 7) is 7.31. The molecule has 0 aromatic heterocycles. The molecule has 2 N–H and O–H groups in total. The smallest absolute Gasteiger partial charge is 0.267 e. The van der Waals surface area contributed by atoms with Crippen LogP contribution in [0.1, 0.15) is 45.7 Å². The van der Waals surface area contributed by atoms with Crippen molar-refractivity contribution in [2.24, 2.45) is 10.2 Å². The molecule has 0 aliphatic rings. The standard InChI is InChI=1S/C20H22N4O2/c1-13-5-9-17(10-6-13)19(25)23-21-15(3)16(4)22-24-20(26)18-11-7-14(2)8-12-18/h5-12H,1-4H3,(H,23,25)(H,24,26)/b21-15+,22-16+. The summed E-state index contributed by atoms with van der Waals surface area (Å²) in [6.07, 6.45) is 0. The van der Waals surface area contributed by atoms with E-state index in [4.69, 9.17) is 0 Å². The van der Waals surface area contributed by atoms with Gasteiger partial charge in [0, 0.05) is 11.1 Å². The quantitative estimate of drug-likeness (QED) is 0.641. The number of rotatable bonds is 5. The minimum Gasteiger partial charge on any atom is -0.267 e. The lowest BCUT2D eigenvalue weighted by Gasteiger charge is -2.04. The number of hydrazone groups is 2. The van der Waals surface area contributed by atoms with Crippen LogP contribution in [0.4, 0.5) is 0 Å². The van der Waals surface area contributed by atoms with Crippen LogP contribution in [-0.4, -0.2) is 23.2 Å². The highest BCUT2D eigenvalue weighted by Gasteiger charge is 2.06. The SMILES string of the molecule is CC(=N\NC(=O)c1ccc(C)cc1)/C(C)=N/NC(=O)c1ccc(C)cc1. The third-order valence-electron chi connectivity index (χ3n) is 3.80. The van der Waals surface area contributed by atoms with Crippen LogP contribution < -0.4 is 10.9 Å². The molecule has 6 heteroatoms. The molecule has 134 valence electrons. The second-order valence-electron chi connectivity index (χ2n) is 6.01. The Kier molecular flexibility index (Phi) is 6.38. The number of hydrogen-bond donors (Lipinski definition) is 2. The van der Waals surface area contributed by atoms with E-state index in [1.165, 1.54) is 0 Å². The fraction of sp³-hybridized carbons (Fsp3) is 0.200. The summed E-state index contributed by atoms with van der Waals surface area (Å²) in [5.74, 6) is -0.610. The van der Waals surface area contributed by atoms with Gasteiger partial charge in [-0.1, -0.05) is 35.4 Å². The Morgan fingerprint density at radius 2 is 0.962 bits per heavy atom. The zero-order chi connectivity index (χ0) is 19.1. The molecule has 0 aliphatic carbocycles. The summed E-state index contributed by atoms with van der Waals surface area (Å²) in [6, 6.07) is 14.4. The maximum Gasteiger partial charge on any atom is 0.271 e. The summed E-state index contributed by atoms with van der Waals surface area (Å²) in [7, 11) is 0. The molecular weight excluding hydrogens is 328 g/mol. The van der Waals surface area contributed by atoms with Crippen LogP contribution in [0.3, 0.4) is 0 Å². The van der Waals surface area contributed by atoms with Gasteiger partial charge in [-0.2, -0.15) is 10.2 Å². The summed E-state index contributed by atoms with van der Waals surface area (Å²) < 4.78 is 0. The molecule has 2 aromatic rings. The zero-order valence-electron chi connectivity index (χ0n) is 15.3. The molecule has 0 spiro atoms. The predicted octanol–water partition coefficient (Wildman–Crippen LogP) is 3.22. The highest BCUT2D eigenvalue weighted by atomic mass is 16.2. The number of nitrogens with one attached hydrogen (secondary N) is 2. The van der Waals surface area contributed by atoms with Crippen molar-refractivity contribution in [2.45, 2.75) is 27.7 Å². The lowest BCUT2D eigenvalue weighted by atomic mass is 10.1. The molecule has 0 saturated heterocycles. The van der Waals surface area contributed by atoms with Crippen LogP contribution in [0.2, 0.25) is 0 Å². The fourth-order valence-electron chi connectivity index (χ4n) is 1.97. The van der Waals surface area contributed by atoms with Crippen LogP contribution in [0.5, 0.6) is 0 Å². The number of carbonyl (C=O) groups is 2. The van der Waals surface area contributed by atoms with Crippen molar-refractivity contribution in [3.63, 3.8) is 0 Å². The van der Waals surface area contributed by atoms with Gasteiger partial charge in [-0.3, -0.25) is 9.59 Å². The van der Waals surface area contributed by atoms with E-state index < -0.39 is 0 Å². The van der Waals surface area contributed by atoms with E-state index in [-0.39, 0.29) is 11.8 Å². The number of benzene rings is 2. The van der Waals surface area contributed by atoms with Crippen LogP contribution in [0.15, 0.2) is 58.7 Å². The van der Waals surface area contributed by atoms with Gasteiger partial charge >= 0.3 is 0 Å². The van der Waals surface area contributed by atoms with Crippen molar-refractivity contribution in [1.29, 1.82) is 0 Å². The van der Waals surface area contributed by atoms with Gasteiger partial charge in [0.2, 0.25) is 0 Å². The highest BCUT2D eigenvalue weighted by Crippen LogP contribution is 2.03. The molecule has 2 aromatic carbocycles. The Labute approximate surface area is 153 Å². The summed E-state index contributed by atoms with van der Waals surface area (Å²) >= 11 is 0. The van der Waals surface area contributed by atoms with E-state index >= 15 is 0 Å². The van der Waals surface area contributed by atoms with Gasteiger partial charge in [0.05, 0.1) is 11.4 Å². The van der Waals surface area contributed by atoms with Gasteiger partial charge in [-0.25, -0.2) is 10.9 Å². The van der Waals surface area contributed by atoms with Crippen molar-refractivity contribution in [2.75, 3.05) is 0 Å². The van der Waals surface area contributed by atoms with Gasteiger partial charge in [0.15, 0.2) is 0 Å². The molecule has 26 heavy (non-hydrogen) atoms. The molecular formula is C20H22N4O2. The lowest BCUT2D eigenvalue weighted by molar-refractivity contribution is 0.0946. The van der Waals surface area contributed by atoms with E-state index in [0.29, 0.717) is 22.6 Å². The van der Waals surface area contributed by atoms with Crippen LogP contribution in [0.25, 0.3) is 0 Å². The molecule has 0 saturated carbocycles. The molecule has 2 amide bonds. The maximum absolute atomic E-state index is 12.0. The molecule has 0 atom stereocenters. The lowest BCUT2D eigenvalue weighted by Crippen LogP contribution is -2.24. The minimum atomic E-state index is -0.305. The molecule has 6 nitrogen and oxygen atoms in total. The molecule has 2 rings (SSSR count). The fourth-order valence-corrected chi connectivity index (χ4v) is 1.97. The van der Waals surface area contributed by atoms with Crippen LogP contribution >= 0.6 is 0 Å². The second kappa shape index (κ2) is 8.71. The highest BCUT2D eigenvalue weighted by molar-refractivity contribution is 6.40. The maximum atomic E-state index is 12.0. The molecule has 0 radical (unpaired) electrons. The van der Waals surface area contributed by atoms with Gasteiger partial charge in [-0.15, -0.1) is 0 Å². The van der Waals surface area contributed by atoms with E-state index in [0.717, 1.165) is 11.1 Å². The first-order valence-corrected chi connectivity index (χ1v) is 8.20. The third kappa shape index (κ3) is 5.37. The number of amides is 2. The number of carbonyl (C=O) groups excluding carboxylic acids is 2. The molecule has 0 heterocycles. The van der Waals surface area contributed by atoms with Gasteiger partial charge in [-0.05, 0) is 52.0 Å². The third-order valence-corrected chi connectivity index (χ3v) is 3.80. The first-order valence-electron chi connectivity index (χ1n) is 8.20. The topological polar surface area (TPSA) is 82.9 Å². The number of hydrogen-bond acceptors (Lipinski definition) is 4. The normalized spacial score (nSPS) is 11.8. The Bertz CT molecular complexity index is 777. The Balaban J connectivity index is 1.95. The van der Waals surface area contributed by atoms with Crippen molar-refractivity contribution >= 4 is 23.2 Å². The van der Waals surface area contributed by atoms with Gasteiger partial charge in [0.25, 0.3) is 11.8 Å². The largest absolute Gasteiger partial charge is 0.271 e. The Morgan fingerprint density at radius 1 is 0.654 bits per heavy atom. The molecule has 0 aliphatic heterocycles. The van der Waals surface area contributed by atoms with Crippen molar-refractivity contribution < 1.29 is 9.59 Å². The number of aryl methyl sites for hydroxylation is 2. The molecule has 0 bridgehead atoms. The van der Waals surface area contributed by atoms with Gasteiger partial charge < -0.3 is 0 Å². The zero-order valence-corrected chi connectivity index (χ0v) is 15.3.